The summed E-state index contributed by atoms with van der Waals surface area (Å²) in [6, 6.07) is 0. The van der Waals surface area contributed by atoms with E-state index in [-0.39, 0.29) is 19.0 Å². The predicted octanol–water partition coefficient (Wildman–Crippen LogP) is 0.393. The lowest BCUT2D eigenvalue weighted by Crippen LogP contribution is -2.09. The Kier molecular flexibility index (Phi) is 6.28. The highest BCUT2D eigenvalue weighted by Crippen LogP contribution is 1.90. The van der Waals surface area contributed by atoms with Gasteiger partial charge in [-0.05, 0) is 13.8 Å². The summed E-state index contributed by atoms with van der Waals surface area (Å²) in [6.07, 6.45) is 0.216. The highest BCUT2D eigenvalue weighted by atomic mass is 16.5. The zero-order chi connectivity index (χ0) is 9.40. The molecule has 4 nitrogen and oxygen atoms in total. The Morgan fingerprint density at radius 3 is 2.75 bits per heavy atom. The molecule has 0 rings (SSSR count). The van der Waals surface area contributed by atoms with Gasteiger partial charge in [0.15, 0.2) is 0 Å². The molecule has 0 aromatic rings. The van der Waals surface area contributed by atoms with Gasteiger partial charge in [-0.15, -0.1) is 0 Å². The van der Waals surface area contributed by atoms with Crippen LogP contribution in [0, 0.1) is 0 Å². The maximum absolute atomic E-state index is 10.9. The summed E-state index contributed by atoms with van der Waals surface area (Å²) in [5.41, 5.74) is 0.697. The molecule has 0 amide bonds. The van der Waals surface area contributed by atoms with E-state index < -0.39 is 0 Å². The molecule has 1 N–H and O–H groups in total. The lowest BCUT2D eigenvalue weighted by atomic mass is 10.3. The van der Waals surface area contributed by atoms with Crippen LogP contribution in [0.25, 0.3) is 0 Å². The molecule has 0 heterocycles. The van der Waals surface area contributed by atoms with Crippen LogP contribution in [-0.2, 0) is 9.53 Å². The molecule has 70 valence electrons. The smallest absolute Gasteiger partial charge is 0.311 e. The first-order valence-electron chi connectivity index (χ1n) is 3.97. The summed E-state index contributed by atoms with van der Waals surface area (Å²) < 4.78 is 4.71. The number of nitrogens with zero attached hydrogens (tertiary/aromatic N) is 1. The molecule has 0 aliphatic heterocycles. The Labute approximate surface area is 72.3 Å². The van der Waals surface area contributed by atoms with Crippen LogP contribution in [0.15, 0.2) is 4.99 Å². The molecule has 0 radical (unpaired) electrons. The number of aliphatic imine (C=N–C) groups is 1. The summed E-state index contributed by atoms with van der Waals surface area (Å²) in [7, 11) is 0. The average Bonchev–Trinajstić information content (AvgIpc) is 2.01. The number of rotatable bonds is 5. The second-order valence-electron chi connectivity index (χ2n) is 2.32. The Bertz CT molecular complexity index is 166. The van der Waals surface area contributed by atoms with Crippen molar-refractivity contribution in [2.24, 2.45) is 4.99 Å². The third-order valence-electron chi connectivity index (χ3n) is 1.19. The summed E-state index contributed by atoms with van der Waals surface area (Å²) in [5, 5.41) is 8.43. The molecule has 0 atom stereocenters. The molecule has 4 heteroatoms. The van der Waals surface area contributed by atoms with Crippen molar-refractivity contribution in [3.8, 4) is 0 Å². The van der Waals surface area contributed by atoms with Crippen LogP contribution >= 0.6 is 0 Å². The zero-order valence-electron chi connectivity index (χ0n) is 7.54. The molecule has 0 aromatic heterocycles. The van der Waals surface area contributed by atoms with Crippen LogP contribution < -0.4 is 0 Å². The van der Waals surface area contributed by atoms with Gasteiger partial charge >= 0.3 is 5.97 Å². The van der Waals surface area contributed by atoms with Crippen LogP contribution in [0.1, 0.15) is 20.3 Å². The molecule has 12 heavy (non-hydrogen) atoms. The normalized spacial score (nSPS) is 11.4. The van der Waals surface area contributed by atoms with E-state index >= 15 is 0 Å². The van der Waals surface area contributed by atoms with E-state index in [4.69, 9.17) is 9.84 Å². The van der Waals surface area contributed by atoms with Crippen LogP contribution in [0.2, 0.25) is 0 Å². The van der Waals surface area contributed by atoms with Crippen molar-refractivity contribution in [1.29, 1.82) is 0 Å². The van der Waals surface area contributed by atoms with Gasteiger partial charge < -0.3 is 9.84 Å². The van der Waals surface area contributed by atoms with E-state index in [9.17, 15) is 4.79 Å². The molecular weight excluding hydrogens is 158 g/mol. The standard InChI is InChI=1S/C8H15NO3/c1-3-12-8(11)6-7(2)9-4-5-10/h10H,3-6H2,1-2H3. The van der Waals surface area contributed by atoms with E-state index in [0.717, 1.165) is 0 Å². The van der Waals surface area contributed by atoms with E-state index in [1.54, 1.807) is 13.8 Å². The van der Waals surface area contributed by atoms with Crippen molar-refractivity contribution in [2.45, 2.75) is 20.3 Å². The number of ether oxygens (including phenoxy) is 1. The van der Waals surface area contributed by atoms with Gasteiger partial charge in [0, 0.05) is 5.71 Å². The molecule has 0 saturated heterocycles. The Morgan fingerprint density at radius 1 is 1.58 bits per heavy atom. The minimum Gasteiger partial charge on any atom is -0.466 e. The molecule has 0 fully saturated rings. The first-order valence-corrected chi connectivity index (χ1v) is 3.97. The fourth-order valence-electron chi connectivity index (χ4n) is 0.718. The highest BCUT2D eigenvalue weighted by molar-refractivity contribution is 5.97. The maximum Gasteiger partial charge on any atom is 0.311 e. The van der Waals surface area contributed by atoms with Crippen molar-refractivity contribution in [3.63, 3.8) is 0 Å². The van der Waals surface area contributed by atoms with Crippen LogP contribution in [0.4, 0.5) is 0 Å². The van der Waals surface area contributed by atoms with Gasteiger partial charge in [0.1, 0.15) is 0 Å². The van der Waals surface area contributed by atoms with Crippen LogP contribution in [-0.4, -0.2) is 36.5 Å². The van der Waals surface area contributed by atoms with Gasteiger partial charge in [0.05, 0.1) is 26.2 Å². The van der Waals surface area contributed by atoms with Gasteiger partial charge in [0.25, 0.3) is 0 Å². The van der Waals surface area contributed by atoms with E-state index in [0.29, 0.717) is 18.9 Å². The molecule has 0 aromatic carbocycles. The number of carbonyl (C=O) groups excluding carboxylic acids is 1. The Balaban J connectivity index is 3.67. The fraction of sp³-hybridized carbons (Fsp3) is 0.750. The fourth-order valence-corrected chi connectivity index (χ4v) is 0.718. The van der Waals surface area contributed by atoms with Gasteiger partial charge in [0.2, 0.25) is 0 Å². The molecular formula is C8H15NO3. The van der Waals surface area contributed by atoms with Crippen LogP contribution in [0.3, 0.4) is 0 Å². The van der Waals surface area contributed by atoms with E-state index in [1.807, 2.05) is 0 Å². The number of hydrogen-bond acceptors (Lipinski definition) is 4. The van der Waals surface area contributed by atoms with Crippen molar-refractivity contribution >= 4 is 11.7 Å². The Morgan fingerprint density at radius 2 is 2.25 bits per heavy atom. The second kappa shape index (κ2) is 6.79. The maximum atomic E-state index is 10.9. The SMILES string of the molecule is CCOC(=O)CC(C)=NCCO. The zero-order valence-corrected chi connectivity index (χ0v) is 7.54. The lowest BCUT2D eigenvalue weighted by molar-refractivity contribution is -0.141. The highest BCUT2D eigenvalue weighted by Gasteiger charge is 2.02. The number of carbonyl (C=O) groups is 1. The predicted molar refractivity (Wildman–Crippen MR) is 46.3 cm³/mol. The summed E-state index contributed by atoms with van der Waals surface area (Å²) >= 11 is 0. The second-order valence-corrected chi connectivity index (χ2v) is 2.32. The minimum absolute atomic E-state index is 0.0141. The summed E-state index contributed by atoms with van der Waals surface area (Å²) in [6.45, 7) is 4.27. The van der Waals surface area contributed by atoms with Gasteiger partial charge in [-0.25, -0.2) is 0 Å². The first kappa shape index (κ1) is 11.1. The van der Waals surface area contributed by atoms with Gasteiger partial charge in [-0.3, -0.25) is 9.79 Å². The third-order valence-corrected chi connectivity index (χ3v) is 1.19. The number of aliphatic hydroxyl groups excluding tert-OH is 1. The quantitative estimate of drug-likeness (QED) is 0.483. The lowest BCUT2D eigenvalue weighted by Gasteiger charge is -2.00. The average molecular weight is 173 g/mol. The first-order chi connectivity index (χ1) is 5.70. The molecule has 0 saturated carbocycles. The largest absolute Gasteiger partial charge is 0.466 e. The van der Waals surface area contributed by atoms with Gasteiger partial charge in [-0.2, -0.15) is 0 Å². The molecule has 0 aliphatic rings. The minimum atomic E-state index is -0.267. The topological polar surface area (TPSA) is 58.9 Å². The molecule has 0 spiro atoms. The monoisotopic (exact) mass is 173 g/mol. The van der Waals surface area contributed by atoms with Crippen LogP contribution in [0.5, 0.6) is 0 Å². The van der Waals surface area contributed by atoms with Gasteiger partial charge in [-0.1, -0.05) is 0 Å². The number of hydrogen-bond donors (Lipinski definition) is 1. The van der Waals surface area contributed by atoms with Crippen molar-refractivity contribution in [1.82, 2.24) is 0 Å². The number of esters is 1. The molecule has 0 aliphatic carbocycles. The Hall–Kier alpha value is -0.900. The molecule has 0 unspecified atom stereocenters. The van der Waals surface area contributed by atoms with E-state index in [2.05, 4.69) is 4.99 Å². The summed E-state index contributed by atoms with van der Waals surface area (Å²) in [5.74, 6) is -0.267. The van der Waals surface area contributed by atoms with Crippen molar-refractivity contribution in [2.75, 3.05) is 19.8 Å². The van der Waals surface area contributed by atoms with Crippen molar-refractivity contribution in [3.05, 3.63) is 0 Å². The molecule has 0 bridgehead atoms. The summed E-state index contributed by atoms with van der Waals surface area (Å²) in [4.78, 5) is 14.8. The van der Waals surface area contributed by atoms with E-state index in [1.165, 1.54) is 0 Å². The third kappa shape index (κ3) is 5.85. The number of aliphatic hydroxyl groups is 1. The van der Waals surface area contributed by atoms with Crippen molar-refractivity contribution < 1.29 is 14.6 Å².